The molecule has 1 rings (SSSR count). The average Bonchev–Trinajstić information content (AvgIpc) is 2.09. The van der Waals surface area contributed by atoms with E-state index in [0.717, 1.165) is 0 Å². The first kappa shape index (κ1) is 12.3. The van der Waals surface area contributed by atoms with Crippen LogP contribution in [0.1, 0.15) is 12.1 Å². The predicted molar refractivity (Wildman–Crippen MR) is 43.1 cm³/mol. The van der Waals surface area contributed by atoms with Crippen molar-refractivity contribution in [2.45, 2.75) is 12.8 Å². The number of ether oxygens (including phenoxy) is 1. The molecule has 0 amide bonds. The van der Waals surface area contributed by atoms with E-state index in [4.69, 9.17) is 5.73 Å². The summed E-state index contributed by atoms with van der Waals surface area (Å²) >= 11 is 0. The van der Waals surface area contributed by atoms with Gasteiger partial charge in [0.05, 0.1) is 11.4 Å². The topological polar surface area (TPSA) is 68.1 Å². The van der Waals surface area contributed by atoms with Crippen LogP contribution in [0.4, 0.5) is 27.6 Å². The van der Waals surface area contributed by atoms with E-state index in [2.05, 4.69) is 4.74 Å². The molecule has 1 heterocycles. The second kappa shape index (κ2) is 3.99. The average molecular weight is 244 g/mol. The molecule has 0 bridgehead atoms. The Hall–Kier alpha value is -1.80. The Morgan fingerprint density at radius 3 is 2.31 bits per heavy atom. The minimum Gasteiger partial charge on any atom is -0.398 e. The molecule has 0 fully saturated rings. The molecular weight excluding hydrogens is 239 g/mol. The van der Waals surface area contributed by atoms with Gasteiger partial charge in [-0.1, -0.05) is 0 Å². The number of H-pyrrole nitrogens is 1. The van der Waals surface area contributed by atoms with Crippen molar-refractivity contribution in [3.8, 4) is 5.75 Å². The molecule has 0 atom stereocenters. The van der Waals surface area contributed by atoms with Crippen molar-refractivity contribution in [3.05, 3.63) is 22.1 Å². The zero-order chi connectivity index (χ0) is 12.5. The summed E-state index contributed by atoms with van der Waals surface area (Å²) in [5, 5.41) is 0. The van der Waals surface area contributed by atoms with E-state index in [0.29, 0.717) is 6.07 Å². The van der Waals surface area contributed by atoms with Crippen LogP contribution in [-0.4, -0.2) is 11.3 Å². The standard InChI is InChI=1S/C7H5F5N2O2/c8-5(9)3-1-2(13)4(6(15)14-3)16-7(10,11)12/h1,5H,(H3,13,14,15). The summed E-state index contributed by atoms with van der Waals surface area (Å²) in [6, 6.07) is 0.507. The SMILES string of the molecule is Nc1cc(C(F)F)[nH]c(=O)c1OC(F)(F)F. The zero-order valence-electron chi connectivity index (χ0n) is 7.44. The number of nitrogens with two attached hydrogens (primary N) is 1. The Balaban J connectivity index is 3.19. The number of nitrogens with one attached hydrogen (secondary N) is 1. The van der Waals surface area contributed by atoms with Gasteiger partial charge in [0.15, 0.2) is 0 Å². The number of halogens is 5. The molecule has 3 N–H and O–H groups in total. The fraction of sp³-hybridized carbons (Fsp3) is 0.286. The summed E-state index contributed by atoms with van der Waals surface area (Å²) in [6.07, 6.45) is -8.16. The minimum atomic E-state index is -5.12. The van der Waals surface area contributed by atoms with Crippen LogP contribution < -0.4 is 16.0 Å². The van der Waals surface area contributed by atoms with Gasteiger partial charge in [-0.3, -0.25) is 4.79 Å². The van der Waals surface area contributed by atoms with Crippen molar-refractivity contribution < 1.29 is 26.7 Å². The molecule has 0 aromatic carbocycles. The number of hydrogen-bond acceptors (Lipinski definition) is 3. The van der Waals surface area contributed by atoms with Crippen molar-refractivity contribution in [1.29, 1.82) is 0 Å². The zero-order valence-corrected chi connectivity index (χ0v) is 7.44. The Bertz CT molecular complexity index is 439. The second-order valence-electron chi connectivity index (χ2n) is 2.69. The number of hydrogen-bond donors (Lipinski definition) is 2. The molecule has 0 aliphatic heterocycles. The minimum absolute atomic E-state index is 0.507. The lowest BCUT2D eigenvalue weighted by atomic mass is 10.3. The Morgan fingerprint density at radius 2 is 1.94 bits per heavy atom. The van der Waals surface area contributed by atoms with E-state index >= 15 is 0 Å². The third-order valence-corrected chi connectivity index (χ3v) is 1.49. The van der Waals surface area contributed by atoms with Gasteiger partial charge in [-0.05, 0) is 6.07 Å². The van der Waals surface area contributed by atoms with Crippen LogP contribution in [0.2, 0.25) is 0 Å². The highest BCUT2D eigenvalue weighted by Gasteiger charge is 2.33. The Labute approximate surface area is 84.8 Å². The monoisotopic (exact) mass is 244 g/mol. The lowest BCUT2D eigenvalue weighted by molar-refractivity contribution is -0.274. The summed E-state index contributed by atoms with van der Waals surface area (Å²) in [6.45, 7) is 0. The van der Waals surface area contributed by atoms with Gasteiger partial charge < -0.3 is 15.5 Å². The van der Waals surface area contributed by atoms with Gasteiger partial charge in [0.1, 0.15) is 0 Å². The summed E-state index contributed by atoms with van der Waals surface area (Å²) < 4.78 is 62.8. The number of alkyl halides is 5. The van der Waals surface area contributed by atoms with Crippen LogP contribution >= 0.6 is 0 Å². The third kappa shape index (κ3) is 2.84. The van der Waals surface area contributed by atoms with Gasteiger partial charge >= 0.3 is 6.36 Å². The van der Waals surface area contributed by atoms with E-state index in [1.54, 1.807) is 0 Å². The molecule has 4 nitrogen and oxygen atoms in total. The van der Waals surface area contributed by atoms with Gasteiger partial charge in [0.25, 0.3) is 12.0 Å². The van der Waals surface area contributed by atoms with Crippen LogP contribution in [0.5, 0.6) is 5.75 Å². The Morgan fingerprint density at radius 1 is 1.38 bits per heavy atom. The third-order valence-electron chi connectivity index (χ3n) is 1.49. The number of nitrogen functional groups attached to an aromatic ring is 1. The summed E-state index contributed by atoms with van der Waals surface area (Å²) in [7, 11) is 0. The smallest absolute Gasteiger partial charge is 0.398 e. The number of anilines is 1. The largest absolute Gasteiger partial charge is 0.573 e. The predicted octanol–water partition coefficient (Wildman–Crippen LogP) is 1.79. The van der Waals surface area contributed by atoms with Crippen molar-refractivity contribution in [1.82, 2.24) is 4.98 Å². The second-order valence-corrected chi connectivity index (χ2v) is 2.69. The van der Waals surface area contributed by atoms with E-state index in [-0.39, 0.29) is 0 Å². The van der Waals surface area contributed by atoms with Crippen LogP contribution in [0.25, 0.3) is 0 Å². The van der Waals surface area contributed by atoms with E-state index < -0.39 is 35.5 Å². The molecule has 0 unspecified atom stereocenters. The lowest BCUT2D eigenvalue weighted by Crippen LogP contribution is -2.24. The van der Waals surface area contributed by atoms with Crippen molar-refractivity contribution in [2.75, 3.05) is 5.73 Å². The fourth-order valence-corrected chi connectivity index (χ4v) is 0.927. The van der Waals surface area contributed by atoms with Gasteiger partial charge in [-0.25, -0.2) is 8.78 Å². The van der Waals surface area contributed by atoms with Crippen LogP contribution in [0.15, 0.2) is 10.9 Å². The number of aromatic nitrogens is 1. The lowest BCUT2D eigenvalue weighted by Gasteiger charge is -2.10. The molecule has 1 aromatic heterocycles. The highest BCUT2D eigenvalue weighted by molar-refractivity contribution is 5.51. The maximum absolute atomic E-state index is 12.1. The first-order valence-corrected chi connectivity index (χ1v) is 3.77. The van der Waals surface area contributed by atoms with Crippen molar-refractivity contribution >= 4 is 5.69 Å². The molecule has 0 spiro atoms. The highest BCUT2D eigenvalue weighted by atomic mass is 19.4. The maximum atomic E-state index is 12.1. The first-order valence-electron chi connectivity index (χ1n) is 3.77. The number of pyridine rings is 1. The van der Waals surface area contributed by atoms with Crippen molar-refractivity contribution in [3.63, 3.8) is 0 Å². The normalized spacial score (nSPS) is 11.9. The van der Waals surface area contributed by atoms with Gasteiger partial charge in [0.2, 0.25) is 5.75 Å². The molecule has 16 heavy (non-hydrogen) atoms. The van der Waals surface area contributed by atoms with Crippen LogP contribution in [0.3, 0.4) is 0 Å². The van der Waals surface area contributed by atoms with E-state index in [1.807, 2.05) is 0 Å². The molecule has 0 saturated carbocycles. The summed E-state index contributed by atoms with van der Waals surface area (Å²) in [5.41, 5.74) is 1.84. The van der Waals surface area contributed by atoms with Gasteiger partial charge in [-0.15, -0.1) is 13.2 Å². The molecule has 90 valence electrons. The Kier molecular flexibility index (Phi) is 3.06. The van der Waals surface area contributed by atoms with Crippen LogP contribution in [0, 0.1) is 0 Å². The molecule has 1 aromatic rings. The number of rotatable bonds is 2. The molecule has 0 radical (unpaired) electrons. The quantitative estimate of drug-likeness (QED) is 0.779. The molecular formula is C7H5F5N2O2. The first-order chi connectivity index (χ1) is 7.20. The van der Waals surface area contributed by atoms with Crippen molar-refractivity contribution in [2.24, 2.45) is 0 Å². The summed E-state index contributed by atoms with van der Waals surface area (Å²) in [4.78, 5) is 12.5. The van der Waals surface area contributed by atoms with Crippen LogP contribution in [-0.2, 0) is 0 Å². The highest BCUT2D eigenvalue weighted by Crippen LogP contribution is 2.26. The molecule has 0 aliphatic carbocycles. The van der Waals surface area contributed by atoms with E-state index in [9.17, 15) is 26.7 Å². The molecule has 9 heteroatoms. The fourth-order valence-electron chi connectivity index (χ4n) is 0.927. The van der Waals surface area contributed by atoms with E-state index in [1.165, 1.54) is 4.98 Å². The maximum Gasteiger partial charge on any atom is 0.573 e. The summed E-state index contributed by atoms with van der Waals surface area (Å²) in [5.74, 6) is -1.25. The van der Waals surface area contributed by atoms with Gasteiger partial charge in [-0.2, -0.15) is 0 Å². The van der Waals surface area contributed by atoms with Gasteiger partial charge in [0, 0.05) is 0 Å². The number of aromatic amines is 1. The molecule has 0 aliphatic rings. The molecule has 0 saturated heterocycles.